The van der Waals surface area contributed by atoms with Gasteiger partial charge < -0.3 is 5.32 Å². The lowest BCUT2D eigenvalue weighted by Gasteiger charge is -2.18. The summed E-state index contributed by atoms with van der Waals surface area (Å²) in [6.07, 6.45) is 1.53. The zero-order chi connectivity index (χ0) is 21.6. The minimum absolute atomic E-state index is 0.181. The molecule has 6 nitrogen and oxygen atoms in total. The molecule has 3 aromatic rings. The van der Waals surface area contributed by atoms with Gasteiger partial charge in [0.25, 0.3) is 17.7 Å². The van der Waals surface area contributed by atoms with Crippen molar-refractivity contribution in [2.24, 2.45) is 0 Å². The molecule has 7 heteroatoms. The lowest BCUT2D eigenvalue weighted by Crippen LogP contribution is -2.30. The van der Waals surface area contributed by atoms with Gasteiger partial charge in [0.1, 0.15) is 5.69 Å². The van der Waals surface area contributed by atoms with Gasteiger partial charge >= 0.3 is 0 Å². The second-order valence-corrected chi connectivity index (χ2v) is 7.57. The third-order valence-electron chi connectivity index (χ3n) is 5.27. The SMILES string of the molecule is Cc1cc(N2C(=O)c3ccc(C)c(C)c3C2=O)c(Cl)cc1NC(=O)c1ccccn1. The zero-order valence-corrected chi connectivity index (χ0v) is 17.4. The van der Waals surface area contributed by atoms with E-state index in [2.05, 4.69) is 10.3 Å². The number of amides is 3. The van der Waals surface area contributed by atoms with Crippen molar-refractivity contribution < 1.29 is 14.4 Å². The summed E-state index contributed by atoms with van der Waals surface area (Å²) in [6, 6.07) is 11.7. The Morgan fingerprint density at radius 3 is 2.47 bits per heavy atom. The summed E-state index contributed by atoms with van der Waals surface area (Å²) in [6.45, 7) is 5.49. The average Bonchev–Trinajstić information content (AvgIpc) is 2.98. The second kappa shape index (κ2) is 7.39. The minimum atomic E-state index is -0.412. The van der Waals surface area contributed by atoms with Crippen molar-refractivity contribution in [2.45, 2.75) is 20.8 Å². The Morgan fingerprint density at radius 1 is 1.00 bits per heavy atom. The topological polar surface area (TPSA) is 79.4 Å². The first-order valence-electron chi connectivity index (χ1n) is 9.31. The summed E-state index contributed by atoms with van der Waals surface area (Å²) in [5.74, 6) is -1.19. The van der Waals surface area contributed by atoms with Crippen LogP contribution in [0.1, 0.15) is 47.9 Å². The maximum absolute atomic E-state index is 13.1. The number of hydrogen-bond donors (Lipinski definition) is 1. The molecule has 1 aliphatic rings. The van der Waals surface area contributed by atoms with Crippen molar-refractivity contribution in [1.29, 1.82) is 0 Å². The van der Waals surface area contributed by atoms with Crippen molar-refractivity contribution in [1.82, 2.24) is 4.98 Å². The van der Waals surface area contributed by atoms with Gasteiger partial charge in [0, 0.05) is 11.9 Å². The lowest BCUT2D eigenvalue weighted by molar-refractivity contribution is 0.0924. The van der Waals surface area contributed by atoms with Crippen LogP contribution in [0, 0.1) is 20.8 Å². The summed E-state index contributed by atoms with van der Waals surface area (Å²) in [5.41, 5.74) is 4.17. The summed E-state index contributed by atoms with van der Waals surface area (Å²) in [4.78, 5) is 43.5. The second-order valence-electron chi connectivity index (χ2n) is 7.16. The van der Waals surface area contributed by atoms with E-state index < -0.39 is 11.8 Å². The Kier molecular flexibility index (Phi) is 4.87. The van der Waals surface area contributed by atoms with E-state index in [9.17, 15) is 14.4 Å². The maximum Gasteiger partial charge on any atom is 0.274 e. The van der Waals surface area contributed by atoms with Gasteiger partial charge in [-0.15, -0.1) is 0 Å². The molecule has 0 radical (unpaired) electrons. The number of carbonyl (C=O) groups is 3. The molecular weight excluding hydrogens is 402 g/mol. The number of hydrogen-bond acceptors (Lipinski definition) is 4. The summed E-state index contributed by atoms with van der Waals surface area (Å²) >= 11 is 6.44. The number of aromatic nitrogens is 1. The number of rotatable bonds is 3. The fraction of sp³-hybridized carbons (Fsp3) is 0.130. The molecule has 3 amide bonds. The molecule has 30 heavy (non-hydrogen) atoms. The summed E-state index contributed by atoms with van der Waals surface area (Å²) < 4.78 is 0. The molecule has 1 aliphatic heterocycles. The van der Waals surface area contributed by atoms with Crippen LogP contribution in [-0.4, -0.2) is 22.7 Å². The summed E-state index contributed by atoms with van der Waals surface area (Å²) in [7, 11) is 0. The van der Waals surface area contributed by atoms with E-state index in [1.807, 2.05) is 19.9 Å². The number of halogens is 1. The van der Waals surface area contributed by atoms with Crippen molar-refractivity contribution in [3.63, 3.8) is 0 Å². The summed E-state index contributed by atoms with van der Waals surface area (Å²) in [5, 5.41) is 2.95. The van der Waals surface area contributed by atoms with E-state index in [1.54, 1.807) is 37.3 Å². The highest BCUT2D eigenvalue weighted by molar-refractivity contribution is 6.40. The van der Waals surface area contributed by atoms with Crippen LogP contribution >= 0.6 is 11.6 Å². The van der Waals surface area contributed by atoms with E-state index >= 15 is 0 Å². The average molecular weight is 420 g/mol. The van der Waals surface area contributed by atoms with Crippen molar-refractivity contribution in [3.05, 3.63) is 87.2 Å². The number of aryl methyl sites for hydroxylation is 2. The largest absolute Gasteiger partial charge is 0.320 e. The number of imide groups is 1. The molecule has 0 unspecified atom stereocenters. The highest BCUT2D eigenvalue weighted by Gasteiger charge is 2.39. The number of benzene rings is 2. The van der Waals surface area contributed by atoms with Crippen LogP contribution in [0.2, 0.25) is 5.02 Å². The minimum Gasteiger partial charge on any atom is -0.320 e. The van der Waals surface area contributed by atoms with Gasteiger partial charge in [-0.3, -0.25) is 19.4 Å². The van der Waals surface area contributed by atoms with Crippen molar-refractivity contribution in [3.8, 4) is 0 Å². The van der Waals surface area contributed by atoms with Gasteiger partial charge in [-0.1, -0.05) is 23.7 Å². The smallest absolute Gasteiger partial charge is 0.274 e. The molecule has 0 bridgehead atoms. The highest BCUT2D eigenvalue weighted by Crippen LogP contribution is 2.38. The highest BCUT2D eigenvalue weighted by atomic mass is 35.5. The van der Waals surface area contributed by atoms with Crippen LogP contribution in [0.15, 0.2) is 48.7 Å². The fourth-order valence-electron chi connectivity index (χ4n) is 3.47. The molecule has 0 saturated heterocycles. The Bertz CT molecular complexity index is 1220. The molecule has 1 aromatic heterocycles. The van der Waals surface area contributed by atoms with Gasteiger partial charge in [0.05, 0.1) is 21.8 Å². The molecule has 0 atom stereocenters. The maximum atomic E-state index is 13.1. The molecule has 4 rings (SSSR count). The predicted octanol–water partition coefficient (Wildman–Crippen LogP) is 4.71. The standard InChI is InChI=1S/C23H18ClN3O3/c1-12-7-8-15-20(14(12)3)23(30)27(22(15)29)19-10-13(2)18(11-16(19)24)26-21(28)17-6-4-5-9-25-17/h4-11H,1-3H3,(H,26,28). The van der Waals surface area contributed by atoms with Crippen LogP contribution in [0.5, 0.6) is 0 Å². The molecule has 0 aliphatic carbocycles. The van der Waals surface area contributed by atoms with E-state index in [0.717, 1.165) is 16.0 Å². The van der Waals surface area contributed by atoms with E-state index in [1.165, 1.54) is 12.3 Å². The van der Waals surface area contributed by atoms with Crippen LogP contribution in [-0.2, 0) is 0 Å². The molecule has 0 fully saturated rings. The molecule has 150 valence electrons. The molecule has 1 N–H and O–H groups in total. The molecular formula is C23H18ClN3O3. The number of pyridine rings is 1. The van der Waals surface area contributed by atoms with Gasteiger partial charge in [0.15, 0.2) is 0 Å². The molecule has 0 saturated carbocycles. The van der Waals surface area contributed by atoms with Crippen molar-refractivity contribution >= 4 is 40.7 Å². The van der Waals surface area contributed by atoms with Crippen LogP contribution < -0.4 is 10.2 Å². The van der Waals surface area contributed by atoms with Crippen LogP contribution in [0.3, 0.4) is 0 Å². The number of carbonyl (C=O) groups excluding carboxylic acids is 3. The van der Waals surface area contributed by atoms with Gasteiger partial charge in [0.2, 0.25) is 0 Å². The third-order valence-corrected chi connectivity index (χ3v) is 5.57. The quantitative estimate of drug-likeness (QED) is 0.623. The number of anilines is 2. The molecule has 0 spiro atoms. The first-order valence-corrected chi connectivity index (χ1v) is 9.69. The van der Waals surface area contributed by atoms with E-state index in [4.69, 9.17) is 11.6 Å². The normalized spacial score (nSPS) is 12.9. The first-order chi connectivity index (χ1) is 14.3. The Balaban J connectivity index is 1.69. The van der Waals surface area contributed by atoms with Crippen LogP contribution in [0.4, 0.5) is 11.4 Å². The Morgan fingerprint density at radius 2 is 1.77 bits per heavy atom. The van der Waals surface area contributed by atoms with Crippen molar-refractivity contribution in [2.75, 3.05) is 10.2 Å². The zero-order valence-electron chi connectivity index (χ0n) is 16.6. The number of nitrogens with one attached hydrogen (secondary N) is 1. The monoisotopic (exact) mass is 419 g/mol. The fourth-order valence-corrected chi connectivity index (χ4v) is 3.72. The lowest BCUT2D eigenvalue weighted by atomic mass is 9.99. The third kappa shape index (κ3) is 3.15. The molecule has 2 heterocycles. The van der Waals surface area contributed by atoms with Gasteiger partial charge in [-0.2, -0.15) is 0 Å². The van der Waals surface area contributed by atoms with Crippen LogP contribution in [0.25, 0.3) is 0 Å². The van der Waals surface area contributed by atoms with E-state index in [0.29, 0.717) is 22.4 Å². The number of fused-ring (bicyclic) bond motifs is 1. The Labute approximate surface area is 178 Å². The predicted molar refractivity (Wildman–Crippen MR) is 115 cm³/mol. The Hall–Kier alpha value is -3.51. The first kappa shape index (κ1) is 19.8. The van der Waals surface area contributed by atoms with Gasteiger partial charge in [-0.25, -0.2) is 4.90 Å². The number of nitrogens with zero attached hydrogens (tertiary/aromatic N) is 2. The van der Waals surface area contributed by atoms with E-state index in [-0.39, 0.29) is 22.3 Å². The molecule has 2 aromatic carbocycles. The van der Waals surface area contributed by atoms with Gasteiger partial charge in [-0.05, 0) is 67.8 Å².